The Morgan fingerprint density at radius 1 is 1.50 bits per heavy atom. The van der Waals surface area contributed by atoms with Crippen LogP contribution in [0.1, 0.15) is 31.5 Å². The summed E-state index contributed by atoms with van der Waals surface area (Å²) in [4.78, 5) is 0. The van der Waals surface area contributed by atoms with Gasteiger partial charge in [0.1, 0.15) is 0 Å². The van der Waals surface area contributed by atoms with Crippen molar-refractivity contribution in [3.63, 3.8) is 0 Å². The maximum Gasteiger partial charge on any atom is 0.0666 e. The molecular formula is C12H23N3O. The first-order valence-corrected chi connectivity index (χ1v) is 5.94. The van der Waals surface area contributed by atoms with E-state index in [0.29, 0.717) is 6.04 Å². The van der Waals surface area contributed by atoms with Gasteiger partial charge in [0.15, 0.2) is 0 Å². The van der Waals surface area contributed by atoms with Crippen molar-refractivity contribution in [2.45, 2.75) is 39.3 Å². The number of hydrogen-bond donors (Lipinski definition) is 1. The minimum absolute atomic E-state index is 0.426. The van der Waals surface area contributed by atoms with E-state index in [4.69, 9.17) is 4.74 Å². The van der Waals surface area contributed by atoms with Crippen molar-refractivity contribution < 1.29 is 4.74 Å². The smallest absolute Gasteiger partial charge is 0.0666 e. The first-order valence-electron chi connectivity index (χ1n) is 5.94. The van der Waals surface area contributed by atoms with Crippen LogP contribution in [0.3, 0.4) is 0 Å². The summed E-state index contributed by atoms with van der Waals surface area (Å²) in [6, 6.07) is 0.426. The molecule has 0 aliphatic heterocycles. The molecule has 0 aromatic carbocycles. The molecule has 0 aliphatic carbocycles. The van der Waals surface area contributed by atoms with Gasteiger partial charge < -0.3 is 10.1 Å². The number of hydrogen-bond acceptors (Lipinski definition) is 3. The Labute approximate surface area is 98.0 Å². The Balaban J connectivity index is 2.52. The standard InChI is InChI=1S/C12H23N3O/c1-5-11(9-16-4)13-7-10-8-15(3)14-12(10)6-2/h8,11,13H,5-7,9H2,1-4H3. The number of nitrogens with one attached hydrogen (secondary N) is 1. The number of nitrogens with zero attached hydrogens (tertiary/aromatic N) is 2. The molecule has 1 heterocycles. The summed E-state index contributed by atoms with van der Waals surface area (Å²) in [7, 11) is 3.71. The van der Waals surface area contributed by atoms with E-state index in [1.807, 2.05) is 11.7 Å². The van der Waals surface area contributed by atoms with Crippen LogP contribution < -0.4 is 5.32 Å². The van der Waals surface area contributed by atoms with Crippen LogP contribution in [0.25, 0.3) is 0 Å². The number of rotatable bonds is 7. The summed E-state index contributed by atoms with van der Waals surface area (Å²) in [5, 5.41) is 7.92. The Morgan fingerprint density at radius 3 is 2.81 bits per heavy atom. The lowest BCUT2D eigenvalue weighted by molar-refractivity contribution is 0.164. The van der Waals surface area contributed by atoms with Gasteiger partial charge in [-0.2, -0.15) is 5.10 Å². The number of ether oxygens (including phenoxy) is 1. The summed E-state index contributed by atoms with van der Waals surface area (Å²) in [5.41, 5.74) is 2.47. The van der Waals surface area contributed by atoms with Crippen molar-refractivity contribution in [1.82, 2.24) is 15.1 Å². The normalized spacial score (nSPS) is 13.0. The maximum atomic E-state index is 5.16. The highest BCUT2D eigenvalue weighted by atomic mass is 16.5. The zero-order chi connectivity index (χ0) is 12.0. The molecule has 16 heavy (non-hydrogen) atoms. The molecule has 1 aromatic heterocycles. The Bertz CT molecular complexity index is 309. The summed E-state index contributed by atoms with van der Waals surface area (Å²) in [6.07, 6.45) is 4.15. The average molecular weight is 225 g/mol. The van der Waals surface area contributed by atoms with E-state index in [0.717, 1.165) is 26.0 Å². The third kappa shape index (κ3) is 3.61. The summed E-state index contributed by atoms with van der Waals surface area (Å²) in [5.74, 6) is 0. The maximum absolute atomic E-state index is 5.16. The van der Waals surface area contributed by atoms with E-state index in [9.17, 15) is 0 Å². The fourth-order valence-electron chi connectivity index (χ4n) is 1.81. The van der Waals surface area contributed by atoms with Gasteiger partial charge >= 0.3 is 0 Å². The summed E-state index contributed by atoms with van der Waals surface area (Å²) < 4.78 is 7.04. The van der Waals surface area contributed by atoms with E-state index >= 15 is 0 Å². The number of aromatic nitrogens is 2. The van der Waals surface area contributed by atoms with Gasteiger partial charge in [-0.1, -0.05) is 13.8 Å². The zero-order valence-corrected chi connectivity index (χ0v) is 10.8. The lowest BCUT2D eigenvalue weighted by Crippen LogP contribution is -2.32. The van der Waals surface area contributed by atoms with Gasteiger partial charge in [0, 0.05) is 38.5 Å². The lowest BCUT2D eigenvalue weighted by Gasteiger charge is -2.15. The van der Waals surface area contributed by atoms with Crippen molar-refractivity contribution in [1.29, 1.82) is 0 Å². The Morgan fingerprint density at radius 2 is 2.25 bits per heavy atom. The van der Waals surface area contributed by atoms with Crippen LogP contribution in [0.2, 0.25) is 0 Å². The van der Waals surface area contributed by atoms with Crippen molar-refractivity contribution in [2.24, 2.45) is 7.05 Å². The molecule has 1 rings (SSSR count). The van der Waals surface area contributed by atoms with Crippen LogP contribution >= 0.6 is 0 Å². The highest BCUT2D eigenvalue weighted by molar-refractivity contribution is 5.16. The fraction of sp³-hybridized carbons (Fsp3) is 0.750. The van der Waals surface area contributed by atoms with Crippen LogP contribution in [-0.4, -0.2) is 29.5 Å². The summed E-state index contributed by atoms with van der Waals surface area (Å²) >= 11 is 0. The SMILES string of the molecule is CCc1nn(C)cc1CNC(CC)COC. The zero-order valence-electron chi connectivity index (χ0n) is 10.8. The second-order valence-corrected chi connectivity index (χ2v) is 4.07. The third-order valence-corrected chi connectivity index (χ3v) is 2.77. The molecule has 0 radical (unpaired) electrons. The Hall–Kier alpha value is -0.870. The van der Waals surface area contributed by atoms with E-state index in [1.165, 1.54) is 11.3 Å². The molecule has 0 saturated heterocycles. The second-order valence-electron chi connectivity index (χ2n) is 4.07. The van der Waals surface area contributed by atoms with Gasteiger partial charge in [-0.05, 0) is 12.8 Å². The minimum Gasteiger partial charge on any atom is -0.383 e. The molecule has 1 N–H and O–H groups in total. The van der Waals surface area contributed by atoms with Gasteiger partial charge in [0.2, 0.25) is 0 Å². The molecule has 4 nitrogen and oxygen atoms in total. The van der Waals surface area contributed by atoms with Gasteiger partial charge in [0.05, 0.1) is 12.3 Å². The number of methoxy groups -OCH3 is 1. The topological polar surface area (TPSA) is 39.1 Å². The quantitative estimate of drug-likeness (QED) is 0.764. The van der Waals surface area contributed by atoms with Crippen molar-refractivity contribution >= 4 is 0 Å². The predicted octanol–water partition coefficient (Wildman–Crippen LogP) is 1.50. The van der Waals surface area contributed by atoms with Crippen LogP contribution in [0.15, 0.2) is 6.20 Å². The highest BCUT2D eigenvalue weighted by Gasteiger charge is 2.09. The van der Waals surface area contributed by atoms with E-state index in [2.05, 4.69) is 30.5 Å². The minimum atomic E-state index is 0.426. The molecule has 0 amide bonds. The molecule has 1 aromatic rings. The molecule has 1 atom stereocenters. The van der Waals surface area contributed by atoms with Crippen molar-refractivity contribution in [3.8, 4) is 0 Å². The Kier molecular flexibility index (Phi) is 5.49. The molecular weight excluding hydrogens is 202 g/mol. The summed E-state index contributed by atoms with van der Waals surface area (Å²) in [6.45, 7) is 5.94. The van der Waals surface area contributed by atoms with Crippen molar-refractivity contribution in [3.05, 3.63) is 17.5 Å². The van der Waals surface area contributed by atoms with E-state index in [-0.39, 0.29) is 0 Å². The highest BCUT2D eigenvalue weighted by Crippen LogP contribution is 2.07. The van der Waals surface area contributed by atoms with E-state index < -0.39 is 0 Å². The molecule has 0 saturated carbocycles. The van der Waals surface area contributed by atoms with Gasteiger partial charge in [-0.3, -0.25) is 4.68 Å². The molecule has 4 heteroatoms. The van der Waals surface area contributed by atoms with Crippen molar-refractivity contribution in [2.75, 3.05) is 13.7 Å². The largest absolute Gasteiger partial charge is 0.383 e. The molecule has 0 fully saturated rings. The molecule has 1 unspecified atom stereocenters. The van der Waals surface area contributed by atoms with Gasteiger partial charge in [-0.25, -0.2) is 0 Å². The molecule has 0 aliphatic rings. The first kappa shape index (κ1) is 13.2. The molecule has 0 bridgehead atoms. The second kappa shape index (κ2) is 6.66. The lowest BCUT2D eigenvalue weighted by atomic mass is 10.2. The van der Waals surface area contributed by atoms with Crippen LogP contribution in [0.5, 0.6) is 0 Å². The van der Waals surface area contributed by atoms with Crippen LogP contribution in [0.4, 0.5) is 0 Å². The molecule has 0 spiro atoms. The van der Waals surface area contributed by atoms with Gasteiger partial charge in [-0.15, -0.1) is 0 Å². The number of aryl methyl sites for hydroxylation is 2. The fourth-order valence-corrected chi connectivity index (χ4v) is 1.81. The first-order chi connectivity index (χ1) is 7.71. The average Bonchev–Trinajstić information content (AvgIpc) is 2.65. The monoisotopic (exact) mass is 225 g/mol. The van der Waals surface area contributed by atoms with Crippen LogP contribution in [-0.2, 0) is 24.8 Å². The van der Waals surface area contributed by atoms with Crippen LogP contribution in [0, 0.1) is 0 Å². The van der Waals surface area contributed by atoms with Gasteiger partial charge in [0.25, 0.3) is 0 Å². The van der Waals surface area contributed by atoms with E-state index in [1.54, 1.807) is 7.11 Å². The third-order valence-electron chi connectivity index (χ3n) is 2.77. The predicted molar refractivity (Wildman–Crippen MR) is 65.4 cm³/mol. The molecule has 92 valence electrons.